The van der Waals surface area contributed by atoms with Gasteiger partial charge in [-0.25, -0.2) is 13.2 Å². The second kappa shape index (κ2) is 9.32. The molecule has 0 aliphatic heterocycles. The summed E-state index contributed by atoms with van der Waals surface area (Å²) in [4.78, 5) is 11.6. The highest BCUT2D eigenvalue weighted by Gasteiger charge is 2.22. The van der Waals surface area contributed by atoms with Gasteiger partial charge >= 0.3 is 6.09 Å². The number of sulfonamides is 1. The van der Waals surface area contributed by atoms with Gasteiger partial charge in [0, 0.05) is 18.8 Å². The van der Waals surface area contributed by atoms with E-state index in [1.165, 1.54) is 34.6 Å². The lowest BCUT2D eigenvalue weighted by molar-refractivity contribution is 0.174. The van der Waals surface area contributed by atoms with Crippen LogP contribution in [0.25, 0.3) is 0 Å². The van der Waals surface area contributed by atoms with E-state index in [-0.39, 0.29) is 11.5 Å². The van der Waals surface area contributed by atoms with Gasteiger partial charge < -0.3 is 4.74 Å². The van der Waals surface area contributed by atoms with Crippen LogP contribution in [0.2, 0.25) is 0 Å². The Hall–Kier alpha value is -1.86. The summed E-state index contributed by atoms with van der Waals surface area (Å²) in [5.41, 5.74) is 0.468. The van der Waals surface area contributed by atoms with Crippen LogP contribution in [-0.2, 0) is 14.8 Å². The summed E-state index contributed by atoms with van der Waals surface area (Å²) in [5.74, 6) is 0. The van der Waals surface area contributed by atoms with Gasteiger partial charge in [0.15, 0.2) is 0 Å². The van der Waals surface area contributed by atoms with E-state index in [2.05, 4.69) is 11.9 Å². The zero-order chi connectivity index (χ0) is 17.3. The van der Waals surface area contributed by atoms with Crippen molar-refractivity contribution in [2.45, 2.75) is 31.6 Å². The summed E-state index contributed by atoms with van der Waals surface area (Å²) in [6.45, 7) is 8.43. The number of amides is 1. The topological polar surface area (TPSA) is 75.7 Å². The molecule has 1 rings (SSSR count). The molecule has 0 spiro atoms. The van der Waals surface area contributed by atoms with Crippen molar-refractivity contribution in [1.82, 2.24) is 4.31 Å². The van der Waals surface area contributed by atoms with E-state index in [0.717, 1.165) is 12.8 Å². The van der Waals surface area contributed by atoms with E-state index < -0.39 is 16.1 Å². The average molecular weight is 340 g/mol. The normalized spacial score (nSPS) is 11.3. The van der Waals surface area contributed by atoms with Crippen molar-refractivity contribution in [3.8, 4) is 0 Å². The minimum Gasteiger partial charge on any atom is -0.445 e. The summed E-state index contributed by atoms with van der Waals surface area (Å²) in [6.07, 6.45) is 2.37. The molecule has 0 fully saturated rings. The third-order valence-electron chi connectivity index (χ3n) is 3.02. The first-order valence-electron chi connectivity index (χ1n) is 7.60. The quantitative estimate of drug-likeness (QED) is 0.700. The number of anilines is 1. The minimum absolute atomic E-state index is 0.112. The van der Waals surface area contributed by atoms with Crippen molar-refractivity contribution in [2.75, 3.05) is 25.0 Å². The van der Waals surface area contributed by atoms with Crippen LogP contribution in [0, 0.1) is 0 Å². The zero-order valence-electron chi connectivity index (χ0n) is 13.6. The van der Waals surface area contributed by atoms with Crippen molar-refractivity contribution in [3.63, 3.8) is 0 Å². The molecule has 0 unspecified atom stereocenters. The largest absolute Gasteiger partial charge is 0.445 e. The van der Waals surface area contributed by atoms with E-state index in [1.807, 2.05) is 13.8 Å². The molecule has 0 atom stereocenters. The minimum atomic E-state index is -3.51. The lowest BCUT2D eigenvalue weighted by Gasteiger charge is -2.21. The Bertz CT molecular complexity index is 605. The molecular formula is C16H24N2O4S. The first kappa shape index (κ1) is 19.2. The van der Waals surface area contributed by atoms with E-state index in [9.17, 15) is 13.2 Å². The van der Waals surface area contributed by atoms with E-state index in [1.54, 1.807) is 0 Å². The summed E-state index contributed by atoms with van der Waals surface area (Å²) in [7, 11) is -3.51. The van der Waals surface area contributed by atoms with Crippen molar-refractivity contribution in [3.05, 3.63) is 36.9 Å². The maximum absolute atomic E-state index is 12.6. The summed E-state index contributed by atoms with van der Waals surface area (Å²) in [5, 5.41) is 2.52. The molecule has 7 heteroatoms. The second-order valence-electron chi connectivity index (χ2n) is 4.94. The molecule has 128 valence electrons. The molecule has 0 saturated heterocycles. The molecule has 6 nitrogen and oxygen atoms in total. The maximum atomic E-state index is 12.6. The molecule has 0 aliphatic rings. The van der Waals surface area contributed by atoms with Crippen LogP contribution in [0.3, 0.4) is 0 Å². The lowest BCUT2D eigenvalue weighted by Crippen LogP contribution is -2.32. The lowest BCUT2D eigenvalue weighted by atomic mass is 10.3. The first-order valence-corrected chi connectivity index (χ1v) is 9.04. The SMILES string of the molecule is C=CCOC(=O)Nc1ccc(S(=O)(=O)N(CCC)CCC)cc1. The van der Waals surface area contributed by atoms with E-state index in [4.69, 9.17) is 4.74 Å². The van der Waals surface area contributed by atoms with Gasteiger partial charge in [-0.1, -0.05) is 26.5 Å². The number of nitrogens with zero attached hydrogens (tertiary/aromatic N) is 1. The van der Waals surface area contributed by atoms with Crippen molar-refractivity contribution in [2.24, 2.45) is 0 Å². The summed E-state index contributed by atoms with van der Waals surface area (Å²) >= 11 is 0. The fourth-order valence-electron chi connectivity index (χ4n) is 2.00. The fourth-order valence-corrected chi connectivity index (χ4v) is 3.62. The standard InChI is InChI=1S/C16H24N2O4S/c1-4-11-18(12-5-2)23(20,21)15-9-7-14(8-10-15)17-16(19)22-13-6-3/h6-10H,3-5,11-13H2,1-2H3,(H,17,19). The van der Waals surface area contributed by atoms with Crippen LogP contribution in [0.1, 0.15) is 26.7 Å². The Balaban J connectivity index is 2.85. The number of hydrogen-bond acceptors (Lipinski definition) is 4. The Kier molecular flexibility index (Phi) is 7.77. The van der Waals surface area contributed by atoms with E-state index >= 15 is 0 Å². The number of hydrogen-bond donors (Lipinski definition) is 1. The van der Waals surface area contributed by atoms with Crippen molar-refractivity contribution in [1.29, 1.82) is 0 Å². The maximum Gasteiger partial charge on any atom is 0.411 e. The molecule has 0 aliphatic carbocycles. The molecular weight excluding hydrogens is 316 g/mol. The van der Waals surface area contributed by atoms with Crippen LogP contribution in [0.15, 0.2) is 41.8 Å². The number of carbonyl (C=O) groups is 1. The number of rotatable bonds is 9. The predicted molar refractivity (Wildman–Crippen MR) is 91.0 cm³/mol. The van der Waals surface area contributed by atoms with Crippen molar-refractivity contribution >= 4 is 21.8 Å². The van der Waals surface area contributed by atoms with Gasteiger partial charge in [0.05, 0.1) is 4.90 Å². The molecule has 23 heavy (non-hydrogen) atoms. The molecule has 1 N–H and O–H groups in total. The van der Waals surface area contributed by atoms with Gasteiger partial charge in [0.1, 0.15) is 6.61 Å². The third kappa shape index (κ3) is 5.69. The molecule has 0 heterocycles. The third-order valence-corrected chi connectivity index (χ3v) is 4.93. The van der Waals surface area contributed by atoms with Crippen LogP contribution >= 0.6 is 0 Å². The summed E-state index contributed by atoms with van der Waals surface area (Å²) < 4.78 is 31.5. The van der Waals surface area contributed by atoms with Gasteiger partial charge in [-0.2, -0.15) is 4.31 Å². The number of ether oxygens (including phenoxy) is 1. The van der Waals surface area contributed by atoms with Crippen LogP contribution < -0.4 is 5.32 Å². The molecule has 1 amide bonds. The highest BCUT2D eigenvalue weighted by Crippen LogP contribution is 2.19. The molecule has 1 aromatic carbocycles. The van der Waals surface area contributed by atoms with Gasteiger partial charge in [0.2, 0.25) is 10.0 Å². The van der Waals surface area contributed by atoms with Gasteiger partial charge in [-0.3, -0.25) is 5.32 Å². The fraction of sp³-hybridized carbons (Fsp3) is 0.438. The zero-order valence-corrected chi connectivity index (χ0v) is 14.4. The number of nitrogens with one attached hydrogen (secondary N) is 1. The van der Waals surface area contributed by atoms with Crippen LogP contribution in [0.4, 0.5) is 10.5 Å². The highest BCUT2D eigenvalue weighted by molar-refractivity contribution is 7.89. The van der Waals surface area contributed by atoms with Crippen LogP contribution in [-0.4, -0.2) is 38.5 Å². The second-order valence-corrected chi connectivity index (χ2v) is 6.88. The molecule has 0 radical (unpaired) electrons. The van der Waals surface area contributed by atoms with Gasteiger partial charge in [0.25, 0.3) is 0 Å². The van der Waals surface area contributed by atoms with Gasteiger partial charge in [-0.15, -0.1) is 0 Å². The van der Waals surface area contributed by atoms with Crippen molar-refractivity contribution < 1.29 is 17.9 Å². The van der Waals surface area contributed by atoms with Gasteiger partial charge in [-0.05, 0) is 37.1 Å². The molecule has 0 saturated carbocycles. The molecule has 0 bridgehead atoms. The Morgan fingerprint density at radius 3 is 2.26 bits per heavy atom. The molecule has 1 aromatic rings. The molecule has 0 aromatic heterocycles. The number of carbonyl (C=O) groups excluding carboxylic acids is 1. The summed E-state index contributed by atoms with van der Waals surface area (Å²) in [6, 6.07) is 6.05. The smallest absolute Gasteiger partial charge is 0.411 e. The first-order chi connectivity index (χ1) is 11.0. The average Bonchev–Trinajstić information content (AvgIpc) is 2.53. The Morgan fingerprint density at radius 1 is 1.22 bits per heavy atom. The highest BCUT2D eigenvalue weighted by atomic mass is 32.2. The monoisotopic (exact) mass is 340 g/mol. The number of benzene rings is 1. The Labute approximate surface area is 138 Å². The van der Waals surface area contributed by atoms with Crippen LogP contribution in [0.5, 0.6) is 0 Å². The predicted octanol–water partition coefficient (Wildman–Crippen LogP) is 3.23. The van der Waals surface area contributed by atoms with E-state index in [0.29, 0.717) is 18.8 Å². The Morgan fingerprint density at radius 2 is 1.78 bits per heavy atom.